The Morgan fingerprint density at radius 1 is 1.35 bits per heavy atom. The van der Waals surface area contributed by atoms with Gasteiger partial charge in [0, 0.05) is 5.02 Å². The standard InChI is InChI=1S/C12H11BrClNO2/c13-12-5-4-11(17-12)10(15)7-16-9-3-1-2-8(14)6-9/h1-6,10H,7,15H2. The number of ether oxygens (including phenoxy) is 1. The fraction of sp³-hybridized carbons (Fsp3) is 0.167. The van der Waals surface area contributed by atoms with Crippen molar-refractivity contribution in [2.75, 3.05) is 6.61 Å². The number of hydrogen-bond acceptors (Lipinski definition) is 3. The molecule has 0 aliphatic carbocycles. The first-order chi connectivity index (χ1) is 8.15. The smallest absolute Gasteiger partial charge is 0.169 e. The summed E-state index contributed by atoms with van der Waals surface area (Å²) in [5.74, 6) is 1.37. The topological polar surface area (TPSA) is 48.4 Å². The second kappa shape index (κ2) is 5.58. The zero-order valence-electron chi connectivity index (χ0n) is 8.90. The lowest BCUT2D eigenvalue weighted by Crippen LogP contribution is -2.18. The average Bonchev–Trinajstić information content (AvgIpc) is 2.73. The third-order valence-corrected chi connectivity index (χ3v) is 2.85. The quantitative estimate of drug-likeness (QED) is 0.934. The molecule has 2 aromatic rings. The molecular weight excluding hydrogens is 305 g/mol. The highest BCUT2D eigenvalue weighted by atomic mass is 79.9. The molecule has 0 saturated carbocycles. The van der Waals surface area contributed by atoms with Gasteiger partial charge in [-0.1, -0.05) is 17.7 Å². The Labute approximate surface area is 113 Å². The zero-order valence-corrected chi connectivity index (χ0v) is 11.2. The normalized spacial score (nSPS) is 12.4. The van der Waals surface area contributed by atoms with E-state index in [1.54, 1.807) is 18.2 Å². The first-order valence-corrected chi connectivity index (χ1v) is 6.21. The number of benzene rings is 1. The van der Waals surface area contributed by atoms with Gasteiger partial charge in [-0.05, 0) is 46.3 Å². The summed E-state index contributed by atoms with van der Waals surface area (Å²) in [4.78, 5) is 0. The molecule has 0 spiro atoms. The van der Waals surface area contributed by atoms with E-state index in [0.717, 1.165) is 0 Å². The molecule has 1 unspecified atom stereocenters. The summed E-state index contributed by atoms with van der Waals surface area (Å²) in [6.07, 6.45) is 0. The summed E-state index contributed by atoms with van der Waals surface area (Å²) in [5.41, 5.74) is 5.92. The first kappa shape index (κ1) is 12.5. The van der Waals surface area contributed by atoms with Crippen molar-refractivity contribution in [3.63, 3.8) is 0 Å². The maximum Gasteiger partial charge on any atom is 0.169 e. The monoisotopic (exact) mass is 315 g/mol. The van der Waals surface area contributed by atoms with Crippen LogP contribution in [-0.2, 0) is 0 Å². The molecule has 0 fully saturated rings. The van der Waals surface area contributed by atoms with Crippen molar-refractivity contribution in [2.24, 2.45) is 5.73 Å². The molecule has 1 atom stereocenters. The van der Waals surface area contributed by atoms with Gasteiger partial charge >= 0.3 is 0 Å². The molecule has 17 heavy (non-hydrogen) atoms. The van der Waals surface area contributed by atoms with Crippen LogP contribution in [0.2, 0.25) is 5.02 Å². The molecule has 0 bridgehead atoms. The molecular formula is C12H11BrClNO2. The lowest BCUT2D eigenvalue weighted by Gasteiger charge is -2.11. The van der Waals surface area contributed by atoms with Crippen LogP contribution in [0.15, 0.2) is 45.5 Å². The van der Waals surface area contributed by atoms with E-state index in [1.165, 1.54) is 0 Å². The second-order valence-electron chi connectivity index (χ2n) is 3.52. The van der Waals surface area contributed by atoms with E-state index in [2.05, 4.69) is 15.9 Å². The highest BCUT2D eigenvalue weighted by Gasteiger charge is 2.11. The molecule has 90 valence electrons. The number of hydrogen-bond donors (Lipinski definition) is 1. The summed E-state index contributed by atoms with van der Waals surface area (Å²) < 4.78 is 11.5. The van der Waals surface area contributed by atoms with Crippen LogP contribution in [0.25, 0.3) is 0 Å². The molecule has 3 nitrogen and oxygen atoms in total. The predicted octanol–water partition coefficient (Wildman–Crippen LogP) is 3.77. The van der Waals surface area contributed by atoms with Crippen molar-refractivity contribution in [3.8, 4) is 5.75 Å². The van der Waals surface area contributed by atoms with Crippen LogP contribution in [0.1, 0.15) is 11.8 Å². The molecule has 1 aromatic carbocycles. The van der Waals surface area contributed by atoms with Gasteiger partial charge in [-0.3, -0.25) is 0 Å². The summed E-state index contributed by atoms with van der Waals surface area (Å²) in [5, 5.41) is 0.636. The van der Waals surface area contributed by atoms with Gasteiger partial charge in [0.15, 0.2) is 4.67 Å². The van der Waals surface area contributed by atoms with Crippen LogP contribution in [-0.4, -0.2) is 6.61 Å². The molecule has 5 heteroatoms. The molecule has 0 radical (unpaired) electrons. The number of nitrogens with two attached hydrogens (primary N) is 1. The Balaban J connectivity index is 1.94. The number of furan rings is 1. The Morgan fingerprint density at radius 3 is 2.82 bits per heavy atom. The minimum atomic E-state index is -0.305. The van der Waals surface area contributed by atoms with Crippen molar-refractivity contribution in [1.29, 1.82) is 0 Å². The van der Waals surface area contributed by atoms with Gasteiger partial charge in [0.1, 0.15) is 18.1 Å². The van der Waals surface area contributed by atoms with E-state index in [-0.39, 0.29) is 6.04 Å². The van der Waals surface area contributed by atoms with Gasteiger partial charge in [0.2, 0.25) is 0 Å². The van der Waals surface area contributed by atoms with E-state index >= 15 is 0 Å². The average molecular weight is 317 g/mol. The van der Waals surface area contributed by atoms with E-state index in [0.29, 0.717) is 27.8 Å². The van der Waals surface area contributed by atoms with Crippen molar-refractivity contribution in [2.45, 2.75) is 6.04 Å². The molecule has 0 amide bonds. The van der Waals surface area contributed by atoms with Gasteiger partial charge in [-0.2, -0.15) is 0 Å². The highest BCUT2D eigenvalue weighted by Crippen LogP contribution is 2.21. The SMILES string of the molecule is NC(COc1cccc(Cl)c1)c1ccc(Br)o1. The first-order valence-electron chi connectivity index (χ1n) is 5.04. The van der Waals surface area contributed by atoms with Gasteiger partial charge in [0.25, 0.3) is 0 Å². The van der Waals surface area contributed by atoms with Crippen molar-refractivity contribution < 1.29 is 9.15 Å². The Hall–Kier alpha value is -0.970. The Kier molecular flexibility index (Phi) is 4.10. The van der Waals surface area contributed by atoms with Crippen molar-refractivity contribution >= 4 is 27.5 Å². The minimum absolute atomic E-state index is 0.305. The second-order valence-corrected chi connectivity index (χ2v) is 4.73. The number of halogens is 2. The van der Waals surface area contributed by atoms with Crippen LogP contribution < -0.4 is 10.5 Å². The van der Waals surface area contributed by atoms with Gasteiger partial charge in [-0.25, -0.2) is 0 Å². The van der Waals surface area contributed by atoms with Crippen LogP contribution in [0.3, 0.4) is 0 Å². The van der Waals surface area contributed by atoms with Crippen molar-refractivity contribution in [3.05, 3.63) is 51.9 Å². The maximum atomic E-state index is 5.92. The van der Waals surface area contributed by atoms with Gasteiger partial charge in [0.05, 0.1) is 6.04 Å². The van der Waals surface area contributed by atoms with Crippen LogP contribution in [0.4, 0.5) is 0 Å². The Bertz CT molecular complexity index is 501. The summed E-state index contributed by atoms with van der Waals surface area (Å²) in [6.45, 7) is 0.334. The number of rotatable bonds is 4. The molecule has 1 aromatic heterocycles. The molecule has 0 aliphatic heterocycles. The molecule has 1 heterocycles. The Morgan fingerprint density at radius 2 is 2.18 bits per heavy atom. The highest BCUT2D eigenvalue weighted by molar-refractivity contribution is 9.10. The molecule has 0 saturated heterocycles. The minimum Gasteiger partial charge on any atom is -0.491 e. The fourth-order valence-electron chi connectivity index (χ4n) is 1.35. The van der Waals surface area contributed by atoms with Crippen LogP contribution in [0.5, 0.6) is 5.75 Å². The van der Waals surface area contributed by atoms with E-state index in [1.807, 2.05) is 18.2 Å². The molecule has 2 N–H and O–H groups in total. The van der Waals surface area contributed by atoms with E-state index < -0.39 is 0 Å². The van der Waals surface area contributed by atoms with E-state index in [4.69, 9.17) is 26.5 Å². The molecule has 0 aliphatic rings. The van der Waals surface area contributed by atoms with E-state index in [9.17, 15) is 0 Å². The largest absolute Gasteiger partial charge is 0.491 e. The third kappa shape index (κ3) is 3.49. The fourth-order valence-corrected chi connectivity index (χ4v) is 1.85. The van der Waals surface area contributed by atoms with Gasteiger partial charge < -0.3 is 14.9 Å². The maximum absolute atomic E-state index is 5.92. The van der Waals surface area contributed by atoms with Gasteiger partial charge in [-0.15, -0.1) is 0 Å². The third-order valence-electron chi connectivity index (χ3n) is 2.19. The summed E-state index contributed by atoms with van der Waals surface area (Å²) in [7, 11) is 0. The van der Waals surface area contributed by atoms with Crippen molar-refractivity contribution in [1.82, 2.24) is 0 Å². The zero-order chi connectivity index (χ0) is 12.3. The lowest BCUT2D eigenvalue weighted by atomic mass is 10.2. The molecule has 2 rings (SSSR count). The summed E-state index contributed by atoms with van der Waals surface area (Å²) in [6, 6.07) is 10.5. The lowest BCUT2D eigenvalue weighted by molar-refractivity contribution is 0.271. The van der Waals surface area contributed by atoms with Crippen LogP contribution in [0, 0.1) is 0 Å². The predicted molar refractivity (Wildman–Crippen MR) is 70.3 cm³/mol. The van der Waals surface area contributed by atoms with Crippen LogP contribution >= 0.6 is 27.5 Å². The summed E-state index contributed by atoms with van der Waals surface area (Å²) >= 11 is 9.07.